The molecule has 0 spiro atoms. The molecule has 3 nitrogen and oxygen atoms in total. The molecule has 1 aliphatic rings. The maximum Gasteiger partial charge on any atom is 0.0624 e. The molecule has 0 aliphatic carbocycles. The number of nitrogens with zero attached hydrogens (tertiary/aromatic N) is 2. The average molecular weight is 208 g/mol. The number of hydrogen-bond acceptors (Lipinski definition) is 2. The SMILES string of the molecule is CCc1cc(CC)n(C2CCOCC2)n1. The van der Waals surface area contributed by atoms with E-state index in [-0.39, 0.29) is 0 Å². The molecule has 0 unspecified atom stereocenters. The maximum atomic E-state index is 5.39. The number of ether oxygens (including phenoxy) is 1. The molecule has 2 heterocycles. The quantitative estimate of drug-likeness (QED) is 0.762. The molecule has 84 valence electrons. The summed E-state index contributed by atoms with van der Waals surface area (Å²) >= 11 is 0. The second-order valence-electron chi connectivity index (χ2n) is 4.12. The molecule has 0 amide bonds. The summed E-state index contributed by atoms with van der Waals surface area (Å²) in [7, 11) is 0. The molecule has 0 atom stereocenters. The molecular formula is C12H20N2O. The van der Waals surface area contributed by atoms with Crippen molar-refractivity contribution in [2.75, 3.05) is 13.2 Å². The molecule has 1 aromatic heterocycles. The van der Waals surface area contributed by atoms with Crippen LogP contribution >= 0.6 is 0 Å². The average Bonchev–Trinajstić information content (AvgIpc) is 2.73. The maximum absolute atomic E-state index is 5.39. The van der Waals surface area contributed by atoms with Crippen LogP contribution in [0.4, 0.5) is 0 Å². The summed E-state index contributed by atoms with van der Waals surface area (Å²) < 4.78 is 7.62. The summed E-state index contributed by atoms with van der Waals surface area (Å²) in [5, 5.41) is 4.68. The van der Waals surface area contributed by atoms with Gasteiger partial charge >= 0.3 is 0 Å². The van der Waals surface area contributed by atoms with E-state index in [2.05, 4.69) is 29.7 Å². The summed E-state index contributed by atoms with van der Waals surface area (Å²) in [6.07, 6.45) is 4.32. The van der Waals surface area contributed by atoms with Crippen LogP contribution in [0, 0.1) is 0 Å². The summed E-state index contributed by atoms with van der Waals surface area (Å²) in [5.41, 5.74) is 2.59. The monoisotopic (exact) mass is 208 g/mol. The van der Waals surface area contributed by atoms with Gasteiger partial charge in [0.15, 0.2) is 0 Å². The van der Waals surface area contributed by atoms with E-state index >= 15 is 0 Å². The minimum absolute atomic E-state index is 0.564. The first-order chi connectivity index (χ1) is 7.35. The van der Waals surface area contributed by atoms with Crippen LogP contribution in [0.3, 0.4) is 0 Å². The highest BCUT2D eigenvalue weighted by Gasteiger charge is 2.19. The van der Waals surface area contributed by atoms with E-state index in [1.165, 1.54) is 11.4 Å². The van der Waals surface area contributed by atoms with Crippen LogP contribution in [0.1, 0.15) is 44.1 Å². The minimum Gasteiger partial charge on any atom is -0.381 e. The lowest BCUT2D eigenvalue weighted by Gasteiger charge is -2.24. The molecule has 0 saturated carbocycles. The Kier molecular flexibility index (Phi) is 3.41. The van der Waals surface area contributed by atoms with Crippen LogP contribution in [0.5, 0.6) is 0 Å². The van der Waals surface area contributed by atoms with Crippen LogP contribution < -0.4 is 0 Å². The van der Waals surface area contributed by atoms with E-state index in [1.54, 1.807) is 0 Å². The molecule has 0 aromatic carbocycles. The minimum atomic E-state index is 0.564. The number of aryl methyl sites for hydroxylation is 2. The predicted octanol–water partition coefficient (Wildman–Crippen LogP) is 2.36. The first-order valence-electron chi connectivity index (χ1n) is 6.00. The van der Waals surface area contributed by atoms with Crippen molar-refractivity contribution in [3.05, 3.63) is 17.5 Å². The molecule has 0 N–H and O–H groups in total. The van der Waals surface area contributed by atoms with E-state index in [9.17, 15) is 0 Å². The zero-order chi connectivity index (χ0) is 10.7. The van der Waals surface area contributed by atoms with Gasteiger partial charge < -0.3 is 4.74 Å². The Balaban J connectivity index is 2.20. The molecule has 0 radical (unpaired) electrons. The zero-order valence-electron chi connectivity index (χ0n) is 9.70. The Morgan fingerprint density at radius 3 is 2.67 bits per heavy atom. The molecule has 1 fully saturated rings. The number of aromatic nitrogens is 2. The van der Waals surface area contributed by atoms with E-state index in [4.69, 9.17) is 4.74 Å². The third kappa shape index (κ3) is 2.23. The molecule has 15 heavy (non-hydrogen) atoms. The lowest BCUT2D eigenvalue weighted by molar-refractivity contribution is 0.0653. The van der Waals surface area contributed by atoms with Gasteiger partial charge in [-0.2, -0.15) is 5.10 Å². The third-order valence-electron chi connectivity index (χ3n) is 3.12. The topological polar surface area (TPSA) is 27.1 Å². The van der Waals surface area contributed by atoms with Gasteiger partial charge in [-0.15, -0.1) is 0 Å². The molecule has 1 aliphatic heterocycles. The summed E-state index contributed by atoms with van der Waals surface area (Å²) in [6, 6.07) is 2.81. The van der Waals surface area contributed by atoms with Crippen molar-refractivity contribution in [3.8, 4) is 0 Å². The highest BCUT2D eigenvalue weighted by atomic mass is 16.5. The standard InChI is InChI=1S/C12H20N2O/c1-3-10-9-11(4-2)14(13-10)12-5-7-15-8-6-12/h9,12H,3-8H2,1-2H3. The molecule has 0 bridgehead atoms. The first kappa shape index (κ1) is 10.7. The Bertz CT molecular complexity index is 313. The smallest absolute Gasteiger partial charge is 0.0624 e. The van der Waals surface area contributed by atoms with Gasteiger partial charge in [0.25, 0.3) is 0 Å². The van der Waals surface area contributed by atoms with E-state index in [1.807, 2.05) is 0 Å². The molecule has 1 aromatic rings. The van der Waals surface area contributed by atoms with E-state index in [0.717, 1.165) is 38.9 Å². The van der Waals surface area contributed by atoms with Gasteiger partial charge in [0, 0.05) is 18.9 Å². The normalized spacial score (nSPS) is 18.3. The fourth-order valence-electron chi connectivity index (χ4n) is 2.17. The first-order valence-corrected chi connectivity index (χ1v) is 6.00. The summed E-state index contributed by atoms with van der Waals surface area (Å²) in [6.45, 7) is 6.13. The molecular weight excluding hydrogens is 188 g/mol. The zero-order valence-corrected chi connectivity index (χ0v) is 9.70. The van der Waals surface area contributed by atoms with Crippen molar-refractivity contribution in [1.82, 2.24) is 9.78 Å². The molecule has 3 heteroatoms. The lowest BCUT2D eigenvalue weighted by atomic mass is 10.1. The summed E-state index contributed by atoms with van der Waals surface area (Å²) in [4.78, 5) is 0. The second kappa shape index (κ2) is 4.79. The molecule has 1 saturated heterocycles. The Labute approximate surface area is 91.4 Å². The fraction of sp³-hybridized carbons (Fsp3) is 0.750. The summed E-state index contributed by atoms with van der Waals surface area (Å²) in [5.74, 6) is 0. The Hall–Kier alpha value is -0.830. The van der Waals surface area contributed by atoms with Gasteiger partial charge in [0.2, 0.25) is 0 Å². The van der Waals surface area contributed by atoms with Gasteiger partial charge in [-0.1, -0.05) is 13.8 Å². The van der Waals surface area contributed by atoms with E-state index < -0.39 is 0 Å². The molecule has 2 rings (SSSR count). The van der Waals surface area contributed by atoms with Crippen LogP contribution in [0.25, 0.3) is 0 Å². The van der Waals surface area contributed by atoms with Crippen LogP contribution in [0.2, 0.25) is 0 Å². The number of hydrogen-bond donors (Lipinski definition) is 0. The van der Waals surface area contributed by atoms with Crippen molar-refractivity contribution in [2.24, 2.45) is 0 Å². The van der Waals surface area contributed by atoms with Crippen LogP contribution in [0.15, 0.2) is 6.07 Å². The number of rotatable bonds is 3. The lowest BCUT2D eigenvalue weighted by Crippen LogP contribution is -2.22. The Morgan fingerprint density at radius 1 is 1.33 bits per heavy atom. The fourth-order valence-corrected chi connectivity index (χ4v) is 2.17. The van der Waals surface area contributed by atoms with Crippen molar-refractivity contribution in [2.45, 2.75) is 45.6 Å². The third-order valence-corrected chi connectivity index (χ3v) is 3.12. The van der Waals surface area contributed by atoms with E-state index in [0.29, 0.717) is 6.04 Å². The largest absolute Gasteiger partial charge is 0.381 e. The van der Waals surface area contributed by atoms with Crippen molar-refractivity contribution < 1.29 is 4.74 Å². The van der Waals surface area contributed by atoms with Gasteiger partial charge in [-0.25, -0.2) is 0 Å². The van der Waals surface area contributed by atoms with Gasteiger partial charge in [0.1, 0.15) is 0 Å². The van der Waals surface area contributed by atoms with Gasteiger partial charge in [-0.3, -0.25) is 4.68 Å². The van der Waals surface area contributed by atoms with Gasteiger partial charge in [0.05, 0.1) is 11.7 Å². The highest BCUT2D eigenvalue weighted by Crippen LogP contribution is 2.22. The van der Waals surface area contributed by atoms with Crippen LogP contribution in [-0.4, -0.2) is 23.0 Å². The van der Waals surface area contributed by atoms with Crippen molar-refractivity contribution >= 4 is 0 Å². The van der Waals surface area contributed by atoms with Crippen molar-refractivity contribution in [3.63, 3.8) is 0 Å². The highest BCUT2D eigenvalue weighted by molar-refractivity contribution is 5.11. The predicted molar refractivity (Wildman–Crippen MR) is 60.1 cm³/mol. The van der Waals surface area contributed by atoms with Crippen LogP contribution in [-0.2, 0) is 17.6 Å². The van der Waals surface area contributed by atoms with Crippen molar-refractivity contribution in [1.29, 1.82) is 0 Å². The Morgan fingerprint density at radius 2 is 2.07 bits per heavy atom. The van der Waals surface area contributed by atoms with Gasteiger partial charge in [-0.05, 0) is 31.7 Å². The second-order valence-corrected chi connectivity index (χ2v) is 4.12.